The number of alkyl halides is 2. The molecule has 0 aliphatic heterocycles. The molecule has 0 saturated heterocycles. The molecule has 180 valence electrons. The number of aromatic nitrogens is 2. The fourth-order valence-electron chi connectivity index (χ4n) is 4.85. The van der Waals surface area contributed by atoms with E-state index >= 15 is 0 Å². The van der Waals surface area contributed by atoms with Crippen LogP contribution in [0.25, 0.3) is 10.9 Å². The number of hydrogen-bond acceptors (Lipinski definition) is 5. The number of nitrogens with zero attached hydrogens (tertiary/aromatic N) is 3. The molecule has 0 radical (unpaired) electrons. The van der Waals surface area contributed by atoms with Gasteiger partial charge in [0, 0.05) is 24.7 Å². The Balaban J connectivity index is 1.64. The first kappa shape index (κ1) is 23.9. The molecule has 3 unspecified atom stereocenters. The van der Waals surface area contributed by atoms with E-state index in [1.807, 2.05) is 6.07 Å². The zero-order valence-electron chi connectivity index (χ0n) is 19.1. The van der Waals surface area contributed by atoms with E-state index in [0.717, 1.165) is 24.8 Å². The highest BCUT2D eigenvalue weighted by atomic mass is 19.3. The number of hydrogen-bond donors (Lipinski definition) is 2. The summed E-state index contributed by atoms with van der Waals surface area (Å²) in [6.45, 7) is 1.66. The molecule has 1 saturated carbocycles. The Morgan fingerprint density at radius 1 is 1.24 bits per heavy atom. The van der Waals surface area contributed by atoms with Crippen molar-refractivity contribution in [1.29, 1.82) is 0 Å². The quantitative estimate of drug-likeness (QED) is 0.531. The molecular weight excluding hydrogens is 443 g/mol. The van der Waals surface area contributed by atoms with Gasteiger partial charge >= 0.3 is 0 Å². The molecule has 3 N–H and O–H groups in total. The summed E-state index contributed by atoms with van der Waals surface area (Å²) in [5, 5.41) is 3.00. The lowest BCUT2D eigenvalue weighted by molar-refractivity contribution is 0.102. The van der Waals surface area contributed by atoms with E-state index < -0.39 is 24.7 Å². The number of nitrogens with one attached hydrogen (secondary N) is 1. The molecule has 0 spiro atoms. The minimum atomic E-state index is -2.54. The number of nitrogens with two attached hydrogens (primary N) is 1. The molecule has 4 rings (SSSR count). The van der Waals surface area contributed by atoms with Gasteiger partial charge in [0.1, 0.15) is 5.82 Å². The molecule has 2 aromatic heterocycles. The van der Waals surface area contributed by atoms with Crippen molar-refractivity contribution in [3.8, 4) is 0 Å². The largest absolute Gasteiger partial charge is 0.368 e. The van der Waals surface area contributed by atoms with E-state index in [2.05, 4.69) is 22.2 Å². The topological polar surface area (TPSA) is 84.1 Å². The maximum atomic E-state index is 14.6. The first-order chi connectivity index (χ1) is 16.2. The van der Waals surface area contributed by atoms with Gasteiger partial charge in [-0.05, 0) is 60.9 Å². The van der Waals surface area contributed by atoms with Gasteiger partial charge < -0.3 is 16.0 Å². The van der Waals surface area contributed by atoms with Gasteiger partial charge in [0.2, 0.25) is 0 Å². The Morgan fingerprint density at radius 2 is 2.03 bits per heavy atom. The van der Waals surface area contributed by atoms with E-state index in [9.17, 15) is 18.0 Å². The predicted molar refractivity (Wildman–Crippen MR) is 127 cm³/mol. The van der Waals surface area contributed by atoms with Gasteiger partial charge in [-0.2, -0.15) is 0 Å². The average molecular weight is 472 g/mol. The van der Waals surface area contributed by atoms with Crippen molar-refractivity contribution in [2.75, 3.05) is 23.8 Å². The van der Waals surface area contributed by atoms with Crippen molar-refractivity contribution in [3.63, 3.8) is 0 Å². The van der Waals surface area contributed by atoms with E-state index in [1.165, 1.54) is 36.3 Å². The Kier molecular flexibility index (Phi) is 7.02. The number of carbonyl (C=O) groups is 1. The van der Waals surface area contributed by atoms with Gasteiger partial charge in [0.25, 0.3) is 12.3 Å². The van der Waals surface area contributed by atoms with Gasteiger partial charge in [0.15, 0.2) is 0 Å². The third kappa shape index (κ3) is 5.14. The van der Waals surface area contributed by atoms with Crippen LogP contribution in [0.1, 0.15) is 48.0 Å². The number of carbonyl (C=O) groups excluding carboxylic acids is 1. The number of halogens is 3. The van der Waals surface area contributed by atoms with Crippen LogP contribution in [0, 0.1) is 11.7 Å². The smallest absolute Gasteiger partial charge is 0.257 e. The highest BCUT2D eigenvalue weighted by molar-refractivity contribution is 6.12. The third-order valence-electron chi connectivity index (χ3n) is 6.40. The maximum absolute atomic E-state index is 14.6. The van der Waals surface area contributed by atoms with Crippen molar-refractivity contribution in [3.05, 3.63) is 59.8 Å². The van der Waals surface area contributed by atoms with Crippen LogP contribution in [-0.2, 0) is 0 Å². The Morgan fingerprint density at radius 3 is 2.76 bits per heavy atom. The van der Waals surface area contributed by atoms with E-state index in [4.69, 9.17) is 5.73 Å². The van der Waals surface area contributed by atoms with Crippen molar-refractivity contribution in [2.45, 2.75) is 44.6 Å². The summed E-state index contributed by atoms with van der Waals surface area (Å²) in [5.74, 6) is -0.353. The fourth-order valence-corrected chi connectivity index (χ4v) is 4.85. The molecule has 1 aliphatic carbocycles. The third-order valence-corrected chi connectivity index (χ3v) is 6.40. The summed E-state index contributed by atoms with van der Waals surface area (Å²) >= 11 is 0. The molecule has 3 atom stereocenters. The number of anilines is 2. The molecule has 3 aromatic rings. The summed E-state index contributed by atoms with van der Waals surface area (Å²) in [5.41, 5.74) is 8.48. The van der Waals surface area contributed by atoms with Gasteiger partial charge in [-0.1, -0.05) is 6.92 Å². The van der Waals surface area contributed by atoms with E-state index in [0.29, 0.717) is 17.3 Å². The molecule has 1 amide bonds. The Labute approximate surface area is 196 Å². The van der Waals surface area contributed by atoms with Crippen LogP contribution in [0.4, 0.5) is 24.5 Å². The highest BCUT2D eigenvalue weighted by Crippen LogP contribution is 2.38. The molecule has 6 nitrogen and oxygen atoms in total. The zero-order chi connectivity index (χ0) is 24.4. The lowest BCUT2D eigenvalue weighted by atomic mass is 9.76. The van der Waals surface area contributed by atoms with Crippen molar-refractivity contribution in [2.24, 2.45) is 11.7 Å². The molecule has 34 heavy (non-hydrogen) atoms. The van der Waals surface area contributed by atoms with Gasteiger partial charge in [0.05, 0.1) is 41.4 Å². The van der Waals surface area contributed by atoms with Crippen LogP contribution in [0.15, 0.2) is 42.9 Å². The van der Waals surface area contributed by atoms with E-state index in [1.54, 1.807) is 12.4 Å². The van der Waals surface area contributed by atoms with Gasteiger partial charge in [-0.25, -0.2) is 13.2 Å². The normalized spacial score (nSPS) is 20.5. The Hall–Kier alpha value is -3.20. The summed E-state index contributed by atoms with van der Waals surface area (Å²) < 4.78 is 40.1. The average Bonchev–Trinajstić information content (AvgIpc) is 2.78. The lowest BCUT2D eigenvalue weighted by Crippen LogP contribution is -2.31. The SMILES string of the molecule is CC1CC(N)CC(c2ccncc2NC(=O)c2ccc(F)c3cc(N(C)CC(F)F)cnc23)C1. The summed E-state index contributed by atoms with van der Waals surface area (Å²) in [6, 6.07) is 5.99. The fraction of sp³-hybridized carbons (Fsp3) is 0.400. The maximum Gasteiger partial charge on any atom is 0.257 e. The highest BCUT2D eigenvalue weighted by Gasteiger charge is 2.28. The summed E-state index contributed by atoms with van der Waals surface area (Å²) in [7, 11) is 1.48. The molecule has 1 aromatic carbocycles. The molecular formula is C25H28F3N5O. The van der Waals surface area contributed by atoms with Crippen LogP contribution >= 0.6 is 0 Å². The Bertz CT molecular complexity index is 1180. The van der Waals surface area contributed by atoms with Crippen molar-refractivity contribution < 1.29 is 18.0 Å². The summed E-state index contributed by atoms with van der Waals surface area (Å²) in [6.07, 6.45) is 4.89. The first-order valence-corrected chi connectivity index (χ1v) is 11.3. The zero-order valence-corrected chi connectivity index (χ0v) is 19.1. The lowest BCUT2D eigenvalue weighted by Gasteiger charge is -2.32. The van der Waals surface area contributed by atoms with Crippen molar-refractivity contribution in [1.82, 2.24) is 9.97 Å². The van der Waals surface area contributed by atoms with Crippen molar-refractivity contribution >= 4 is 28.2 Å². The molecule has 9 heteroatoms. The van der Waals surface area contributed by atoms with Crippen LogP contribution in [0.5, 0.6) is 0 Å². The number of fused-ring (bicyclic) bond motifs is 1. The standard InChI is InChI=1S/C25H28F3N5O/c1-14-7-15(9-16(29)8-14)18-5-6-30-12-22(18)32-25(34)19-3-4-21(26)20-10-17(11-31-24(19)20)33(2)13-23(27)28/h3-6,10-12,14-16,23H,7-9,13,29H2,1-2H3,(H,32,34). The van der Waals surface area contributed by atoms with Gasteiger partial charge in [-0.15, -0.1) is 0 Å². The predicted octanol–water partition coefficient (Wildman–Crippen LogP) is 4.95. The number of pyridine rings is 2. The number of amides is 1. The van der Waals surface area contributed by atoms with Gasteiger partial charge in [-0.3, -0.25) is 14.8 Å². The molecule has 1 aliphatic rings. The van der Waals surface area contributed by atoms with Crippen LogP contribution in [0.3, 0.4) is 0 Å². The molecule has 1 fully saturated rings. The second-order valence-electron chi connectivity index (χ2n) is 9.14. The minimum absolute atomic E-state index is 0.0877. The monoisotopic (exact) mass is 471 g/mol. The second kappa shape index (κ2) is 9.97. The van der Waals surface area contributed by atoms with Crippen LogP contribution in [-0.4, -0.2) is 41.9 Å². The van der Waals surface area contributed by atoms with Crippen LogP contribution < -0.4 is 16.0 Å². The minimum Gasteiger partial charge on any atom is -0.368 e. The van der Waals surface area contributed by atoms with Crippen LogP contribution in [0.2, 0.25) is 0 Å². The molecule has 0 bridgehead atoms. The molecule has 2 heterocycles. The summed E-state index contributed by atoms with van der Waals surface area (Å²) in [4.78, 5) is 22.9. The second-order valence-corrected chi connectivity index (χ2v) is 9.14. The number of benzene rings is 1. The number of rotatable bonds is 6. The first-order valence-electron chi connectivity index (χ1n) is 11.3. The van der Waals surface area contributed by atoms with E-state index in [-0.39, 0.29) is 28.4 Å².